The predicted molar refractivity (Wildman–Crippen MR) is 81.3 cm³/mol. The molecule has 0 aromatic rings. The minimum Gasteiger partial charge on any atom is -0.302 e. The summed E-state index contributed by atoms with van der Waals surface area (Å²) in [6.07, 6.45) is 3.46. The third-order valence-electron chi connectivity index (χ3n) is 3.81. The molecule has 5 nitrogen and oxygen atoms in total. The van der Waals surface area contributed by atoms with Gasteiger partial charge in [0.15, 0.2) is 9.84 Å². The second-order valence-electron chi connectivity index (χ2n) is 5.82. The van der Waals surface area contributed by atoms with Gasteiger partial charge in [0.05, 0.1) is 17.6 Å². The number of nitrogens with one attached hydrogen (secondary N) is 1. The molecular formula is C14H27N3O2S. The molecule has 1 N–H and O–H groups in total. The summed E-state index contributed by atoms with van der Waals surface area (Å²) in [7, 11) is -2.83. The normalized spacial score (nSPS) is 22.6. The zero-order chi connectivity index (χ0) is 15.1. The zero-order valence-corrected chi connectivity index (χ0v) is 13.5. The lowest BCUT2D eigenvalue weighted by molar-refractivity contribution is 0.274. The van der Waals surface area contributed by atoms with Crippen molar-refractivity contribution >= 4 is 9.84 Å². The lowest BCUT2D eigenvalue weighted by Gasteiger charge is -2.25. The molecule has 0 radical (unpaired) electrons. The largest absolute Gasteiger partial charge is 0.302 e. The molecule has 1 rings (SSSR count). The van der Waals surface area contributed by atoms with Crippen molar-refractivity contribution < 1.29 is 8.42 Å². The molecule has 0 bridgehead atoms. The first-order valence-electron chi connectivity index (χ1n) is 7.50. The Morgan fingerprint density at radius 2 is 2.10 bits per heavy atom. The third-order valence-corrected chi connectivity index (χ3v) is 5.53. The van der Waals surface area contributed by atoms with E-state index in [1.54, 1.807) is 0 Å². The molecule has 1 atom stereocenters. The average molecular weight is 301 g/mol. The standard InChI is InChI=1S/C14H27N3O2S/c1-3-7-16-14(2,13-15)6-4-8-17-9-5-11-20(18,19)12-10-17/h16H,3-12H2,1-2H3. The van der Waals surface area contributed by atoms with Crippen LogP contribution in [0.5, 0.6) is 0 Å². The zero-order valence-electron chi connectivity index (χ0n) is 12.7. The molecule has 0 amide bonds. The van der Waals surface area contributed by atoms with Gasteiger partial charge in [-0.25, -0.2) is 8.42 Å². The highest BCUT2D eigenvalue weighted by atomic mass is 32.2. The summed E-state index contributed by atoms with van der Waals surface area (Å²) in [4.78, 5) is 2.21. The Labute approximate surface area is 123 Å². The Bertz CT molecular complexity index is 430. The molecule has 20 heavy (non-hydrogen) atoms. The van der Waals surface area contributed by atoms with Crippen LogP contribution in [0.1, 0.15) is 39.5 Å². The van der Waals surface area contributed by atoms with Gasteiger partial charge in [0, 0.05) is 6.54 Å². The van der Waals surface area contributed by atoms with Crippen molar-refractivity contribution in [3.8, 4) is 6.07 Å². The maximum absolute atomic E-state index is 11.5. The molecule has 6 heteroatoms. The lowest BCUT2D eigenvalue weighted by Crippen LogP contribution is -2.42. The van der Waals surface area contributed by atoms with Gasteiger partial charge in [-0.3, -0.25) is 5.32 Å². The molecule has 1 saturated heterocycles. The van der Waals surface area contributed by atoms with E-state index in [9.17, 15) is 13.7 Å². The highest BCUT2D eigenvalue weighted by Crippen LogP contribution is 2.13. The van der Waals surface area contributed by atoms with Crippen molar-refractivity contribution in [2.24, 2.45) is 0 Å². The fraction of sp³-hybridized carbons (Fsp3) is 0.929. The molecule has 116 valence electrons. The first-order chi connectivity index (χ1) is 9.41. The SMILES string of the molecule is CCCNC(C)(C#N)CCCN1CCCS(=O)(=O)CC1. The number of sulfone groups is 1. The number of nitrogens with zero attached hydrogens (tertiary/aromatic N) is 2. The number of hydrogen-bond acceptors (Lipinski definition) is 5. The summed E-state index contributed by atoms with van der Waals surface area (Å²) in [5, 5.41) is 12.5. The van der Waals surface area contributed by atoms with Crippen molar-refractivity contribution in [3.63, 3.8) is 0 Å². The molecule has 1 aliphatic heterocycles. The van der Waals surface area contributed by atoms with E-state index in [1.807, 2.05) is 6.92 Å². The van der Waals surface area contributed by atoms with Crippen molar-refractivity contribution in [2.75, 3.05) is 37.7 Å². The van der Waals surface area contributed by atoms with E-state index in [4.69, 9.17) is 0 Å². The van der Waals surface area contributed by atoms with Gasteiger partial charge in [-0.15, -0.1) is 0 Å². The van der Waals surface area contributed by atoms with Gasteiger partial charge < -0.3 is 4.90 Å². The molecular weight excluding hydrogens is 274 g/mol. The number of hydrogen-bond donors (Lipinski definition) is 1. The van der Waals surface area contributed by atoms with E-state index in [-0.39, 0.29) is 5.75 Å². The predicted octanol–water partition coefficient (Wildman–Crippen LogP) is 1.17. The molecule has 1 heterocycles. The Hall–Kier alpha value is -0.640. The van der Waals surface area contributed by atoms with E-state index in [2.05, 4.69) is 23.2 Å². The van der Waals surface area contributed by atoms with Crippen LogP contribution < -0.4 is 5.32 Å². The van der Waals surface area contributed by atoms with Crippen molar-refractivity contribution in [1.82, 2.24) is 10.2 Å². The molecule has 1 aliphatic rings. The lowest BCUT2D eigenvalue weighted by atomic mass is 9.97. The van der Waals surface area contributed by atoms with Crippen LogP contribution in [-0.2, 0) is 9.84 Å². The van der Waals surface area contributed by atoms with Gasteiger partial charge in [0.1, 0.15) is 5.54 Å². The van der Waals surface area contributed by atoms with Gasteiger partial charge in [0.2, 0.25) is 0 Å². The molecule has 1 unspecified atom stereocenters. The summed E-state index contributed by atoms with van der Waals surface area (Å²) >= 11 is 0. The first-order valence-corrected chi connectivity index (χ1v) is 9.32. The van der Waals surface area contributed by atoms with Gasteiger partial charge in [-0.2, -0.15) is 5.26 Å². The Kier molecular flexibility index (Phi) is 6.93. The van der Waals surface area contributed by atoms with Crippen LogP contribution >= 0.6 is 0 Å². The summed E-state index contributed by atoms with van der Waals surface area (Å²) < 4.78 is 23.1. The molecule has 0 spiro atoms. The minimum atomic E-state index is -2.83. The molecule has 0 aliphatic carbocycles. The van der Waals surface area contributed by atoms with Crippen molar-refractivity contribution in [2.45, 2.75) is 45.1 Å². The van der Waals surface area contributed by atoms with E-state index in [0.29, 0.717) is 12.3 Å². The Morgan fingerprint density at radius 3 is 2.75 bits per heavy atom. The monoisotopic (exact) mass is 301 g/mol. The van der Waals surface area contributed by atoms with Crippen LogP contribution in [0.3, 0.4) is 0 Å². The first kappa shape index (κ1) is 17.4. The van der Waals surface area contributed by atoms with Gasteiger partial charge >= 0.3 is 0 Å². The Morgan fingerprint density at radius 1 is 1.35 bits per heavy atom. The maximum Gasteiger partial charge on any atom is 0.151 e. The second kappa shape index (κ2) is 7.96. The molecule has 0 aromatic heterocycles. The van der Waals surface area contributed by atoms with Gasteiger partial charge in [-0.05, 0) is 52.2 Å². The minimum absolute atomic E-state index is 0.274. The highest BCUT2D eigenvalue weighted by Gasteiger charge is 2.23. The number of nitriles is 1. The van der Waals surface area contributed by atoms with E-state index < -0.39 is 15.4 Å². The average Bonchev–Trinajstić information content (AvgIpc) is 2.58. The van der Waals surface area contributed by atoms with Gasteiger partial charge in [-0.1, -0.05) is 6.92 Å². The van der Waals surface area contributed by atoms with Crippen molar-refractivity contribution in [3.05, 3.63) is 0 Å². The summed E-state index contributed by atoms with van der Waals surface area (Å²) in [5.41, 5.74) is -0.464. The summed E-state index contributed by atoms with van der Waals surface area (Å²) in [6.45, 7) is 7.24. The van der Waals surface area contributed by atoms with E-state index in [0.717, 1.165) is 45.3 Å². The molecule has 0 aromatic carbocycles. The quantitative estimate of drug-likeness (QED) is 0.764. The van der Waals surface area contributed by atoms with Crippen LogP contribution in [0.15, 0.2) is 0 Å². The van der Waals surface area contributed by atoms with Crippen LogP contribution in [0.2, 0.25) is 0 Å². The van der Waals surface area contributed by atoms with Crippen LogP contribution in [0.4, 0.5) is 0 Å². The fourth-order valence-electron chi connectivity index (χ4n) is 2.45. The highest BCUT2D eigenvalue weighted by molar-refractivity contribution is 7.91. The van der Waals surface area contributed by atoms with Crippen molar-refractivity contribution in [1.29, 1.82) is 5.26 Å². The third kappa shape index (κ3) is 6.21. The van der Waals surface area contributed by atoms with E-state index in [1.165, 1.54) is 0 Å². The van der Waals surface area contributed by atoms with Gasteiger partial charge in [0.25, 0.3) is 0 Å². The fourth-order valence-corrected chi connectivity index (χ4v) is 3.76. The van der Waals surface area contributed by atoms with Crippen LogP contribution in [0, 0.1) is 11.3 Å². The van der Waals surface area contributed by atoms with E-state index >= 15 is 0 Å². The second-order valence-corrected chi connectivity index (χ2v) is 8.12. The molecule has 0 saturated carbocycles. The van der Waals surface area contributed by atoms with Crippen LogP contribution in [0.25, 0.3) is 0 Å². The number of rotatable bonds is 7. The summed E-state index contributed by atoms with van der Waals surface area (Å²) in [6, 6.07) is 2.35. The topological polar surface area (TPSA) is 73.2 Å². The molecule has 1 fully saturated rings. The maximum atomic E-state index is 11.5. The van der Waals surface area contributed by atoms with Crippen LogP contribution in [-0.4, -0.2) is 56.5 Å². The smallest absolute Gasteiger partial charge is 0.151 e. The Balaban J connectivity index is 2.34. The summed E-state index contributed by atoms with van der Waals surface area (Å²) in [5.74, 6) is 0.591.